The number of fused-ring (bicyclic) bond motifs is 1. The normalized spacial score (nSPS) is 20.5. The standard InChI is InChI=1S/C24H26N2O5/c1-2-30-24(28)22-19(15-21(27)26-10-12-29-13-11-26)18-14-17(16-6-4-3-5-7-16)8-9-20(18)31-23(22)25/h3-9,14,19,22,25H,2,10-13,15H2,1H3. The van der Waals surface area contributed by atoms with Crippen LogP contribution in [0.1, 0.15) is 24.8 Å². The van der Waals surface area contributed by atoms with Gasteiger partial charge in [-0.15, -0.1) is 0 Å². The Morgan fingerprint density at radius 1 is 1.10 bits per heavy atom. The first-order chi connectivity index (χ1) is 15.1. The Morgan fingerprint density at radius 2 is 1.84 bits per heavy atom. The number of hydrogen-bond donors (Lipinski definition) is 1. The third kappa shape index (κ3) is 4.46. The highest BCUT2D eigenvalue weighted by Crippen LogP contribution is 2.42. The molecule has 2 atom stereocenters. The Balaban J connectivity index is 1.72. The summed E-state index contributed by atoms with van der Waals surface area (Å²) in [5, 5.41) is 8.35. The average molecular weight is 422 g/mol. The van der Waals surface area contributed by atoms with Crippen molar-refractivity contribution in [3.63, 3.8) is 0 Å². The number of rotatable bonds is 5. The molecule has 1 saturated heterocycles. The maximum absolute atomic E-state index is 13.1. The van der Waals surface area contributed by atoms with E-state index in [1.807, 2.05) is 42.5 Å². The second-order valence-corrected chi connectivity index (χ2v) is 7.62. The first kappa shape index (κ1) is 21.1. The van der Waals surface area contributed by atoms with Gasteiger partial charge in [-0.3, -0.25) is 15.0 Å². The maximum atomic E-state index is 13.1. The molecule has 2 aromatic rings. The van der Waals surface area contributed by atoms with E-state index in [2.05, 4.69) is 0 Å². The van der Waals surface area contributed by atoms with E-state index >= 15 is 0 Å². The van der Waals surface area contributed by atoms with Crippen LogP contribution >= 0.6 is 0 Å². The second-order valence-electron chi connectivity index (χ2n) is 7.62. The molecule has 2 heterocycles. The molecule has 2 aliphatic heterocycles. The highest BCUT2D eigenvalue weighted by atomic mass is 16.5. The predicted molar refractivity (Wildman–Crippen MR) is 115 cm³/mol. The van der Waals surface area contributed by atoms with E-state index in [4.69, 9.17) is 19.6 Å². The molecular weight excluding hydrogens is 396 g/mol. The summed E-state index contributed by atoms with van der Waals surface area (Å²) in [6.07, 6.45) is 0.0977. The summed E-state index contributed by atoms with van der Waals surface area (Å²) in [5.74, 6) is -1.77. The molecule has 1 amide bonds. The van der Waals surface area contributed by atoms with Crippen LogP contribution in [0.4, 0.5) is 0 Å². The van der Waals surface area contributed by atoms with Crippen molar-refractivity contribution in [2.24, 2.45) is 5.92 Å². The molecule has 2 unspecified atom stereocenters. The van der Waals surface area contributed by atoms with E-state index in [1.54, 1.807) is 17.9 Å². The van der Waals surface area contributed by atoms with Crippen LogP contribution in [-0.2, 0) is 19.1 Å². The van der Waals surface area contributed by atoms with Gasteiger partial charge in [-0.05, 0) is 30.2 Å². The van der Waals surface area contributed by atoms with Gasteiger partial charge in [0.05, 0.1) is 19.8 Å². The number of ether oxygens (including phenoxy) is 3. The topological polar surface area (TPSA) is 88.9 Å². The number of morpholine rings is 1. The van der Waals surface area contributed by atoms with Gasteiger partial charge in [0.1, 0.15) is 11.7 Å². The molecule has 31 heavy (non-hydrogen) atoms. The second kappa shape index (κ2) is 9.31. The minimum absolute atomic E-state index is 0.0617. The lowest BCUT2D eigenvalue weighted by atomic mass is 9.79. The zero-order chi connectivity index (χ0) is 21.8. The number of esters is 1. The van der Waals surface area contributed by atoms with Gasteiger partial charge in [0.15, 0.2) is 0 Å². The third-order valence-corrected chi connectivity index (χ3v) is 5.72. The zero-order valence-electron chi connectivity index (χ0n) is 17.5. The summed E-state index contributed by atoms with van der Waals surface area (Å²) >= 11 is 0. The fourth-order valence-corrected chi connectivity index (χ4v) is 4.15. The smallest absolute Gasteiger partial charge is 0.319 e. The Bertz CT molecular complexity index is 969. The van der Waals surface area contributed by atoms with Crippen LogP contribution in [0.15, 0.2) is 48.5 Å². The minimum Gasteiger partial charge on any atom is -0.465 e. The van der Waals surface area contributed by atoms with Gasteiger partial charge in [-0.2, -0.15) is 0 Å². The molecule has 2 aromatic carbocycles. The first-order valence-corrected chi connectivity index (χ1v) is 10.6. The van der Waals surface area contributed by atoms with Crippen molar-refractivity contribution < 1.29 is 23.8 Å². The van der Waals surface area contributed by atoms with Crippen LogP contribution in [0, 0.1) is 11.3 Å². The van der Waals surface area contributed by atoms with E-state index in [0.717, 1.165) is 16.7 Å². The summed E-state index contributed by atoms with van der Waals surface area (Å²) in [6, 6.07) is 15.6. The van der Waals surface area contributed by atoms with Crippen molar-refractivity contribution in [2.45, 2.75) is 19.3 Å². The van der Waals surface area contributed by atoms with Crippen LogP contribution in [0.25, 0.3) is 11.1 Å². The summed E-state index contributed by atoms with van der Waals surface area (Å²) in [5.41, 5.74) is 2.73. The van der Waals surface area contributed by atoms with Crippen LogP contribution < -0.4 is 4.74 Å². The predicted octanol–water partition coefficient (Wildman–Crippen LogP) is 3.24. The number of hydrogen-bond acceptors (Lipinski definition) is 6. The van der Waals surface area contributed by atoms with Crippen LogP contribution in [0.2, 0.25) is 0 Å². The molecule has 1 N–H and O–H groups in total. The van der Waals surface area contributed by atoms with Gasteiger partial charge in [-0.25, -0.2) is 0 Å². The fourth-order valence-electron chi connectivity index (χ4n) is 4.15. The van der Waals surface area contributed by atoms with E-state index in [-0.39, 0.29) is 24.8 Å². The van der Waals surface area contributed by atoms with Gasteiger partial charge in [-0.1, -0.05) is 36.4 Å². The Hall–Kier alpha value is -3.19. The average Bonchev–Trinajstić information content (AvgIpc) is 2.80. The van der Waals surface area contributed by atoms with E-state index in [0.29, 0.717) is 32.1 Å². The SMILES string of the molecule is CCOC(=O)C1C(=N)Oc2ccc(-c3ccccc3)cc2C1CC(=O)N1CCOCC1. The zero-order valence-corrected chi connectivity index (χ0v) is 17.5. The molecule has 7 nitrogen and oxygen atoms in total. The number of carbonyl (C=O) groups excluding carboxylic acids is 2. The third-order valence-electron chi connectivity index (χ3n) is 5.72. The van der Waals surface area contributed by atoms with Crippen LogP contribution in [0.3, 0.4) is 0 Å². The van der Waals surface area contributed by atoms with Crippen molar-refractivity contribution >= 4 is 17.8 Å². The largest absolute Gasteiger partial charge is 0.465 e. The number of nitrogens with zero attached hydrogens (tertiary/aromatic N) is 1. The van der Waals surface area contributed by atoms with Gasteiger partial charge in [0, 0.05) is 31.0 Å². The summed E-state index contributed by atoms with van der Waals surface area (Å²) < 4.78 is 16.3. The van der Waals surface area contributed by atoms with Gasteiger partial charge < -0.3 is 19.1 Å². The van der Waals surface area contributed by atoms with Gasteiger partial charge in [0.25, 0.3) is 0 Å². The number of carbonyl (C=O) groups is 2. The Labute approximate surface area is 181 Å². The molecule has 0 spiro atoms. The molecular formula is C24H26N2O5. The van der Waals surface area contributed by atoms with Crippen LogP contribution in [-0.4, -0.2) is 55.6 Å². The molecule has 0 radical (unpaired) electrons. The molecule has 1 fully saturated rings. The Kier molecular flexibility index (Phi) is 6.32. The number of benzene rings is 2. The van der Waals surface area contributed by atoms with Crippen molar-refractivity contribution in [1.82, 2.24) is 4.90 Å². The summed E-state index contributed by atoms with van der Waals surface area (Å²) in [6.45, 7) is 3.99. The number of nitrogens with one attached hydrogen (secondary N) is 1. The monoisotopic (exact) mass is 422 g/mol. The maximum Gasteiger partial charge on any atom is 0.319 e. The van der Waals surface area contributed by atoms with Crippen molar-refractivity contribution in [3.05, 3.63) is 54.1 Å². The highest BCUT2D eigenvalue weighted by molar-refractivity contribution is 6.00. The van der Waals surface area contributed by atoms with Crippen molar-refractivity contribution in [1.29, 1.82) is 5.41 Å². The molecule has 4 rings (SSSR count). The Morgan fingerprint density at radius 3 is 2.55 bits per heavy atom. The summed E-state index contributed by atoms with van der Waals surface area (Å²) in [4.78, 5) is 27.6. The molecule has 162 valence electrons. The van der Waals surface area contributed by atoms with E-state index in [1.165, 1.54) is 0 Å². The van der Waals surface area contributed by atoms with Crippen LogP contribution in [0.5, 0.6) is 5.75 Å². The van der Waals surface area contributed by atoms with Gasteiger partial charge in [0.2, 0.25) is 11.8 Å². The highest BCUT2D eigenvalue weighted by Gasteiger charge is 2.43. The molecule has 0 saturated carbocycles. The molecule has 2 aliphatic rings. The molecule has 7 heteroatoms. The molecule has 0 bridgehead atoms. The quantitative estimate of drug-likeness (QED) is 0.748. The van der Waals surface area contributed by atoms with Crippen molar-refractivity contribution in [3.8, 4) is 16.9 Å². The van der Waals surface area contributed by atoms with E-state index < -0.39 is 17.8 Å². The van der Waals surface area contributed by atoms with Crippen molar-refractivity contribution in [2.75, 3.05) is 32.9 Å². The summed E-state index contributed by atoms with van der Waals surface area (Å²) in [7, 11) is 0. The lowest BCUT2D eigenvalue weighted by Gasteiger charge is -2.34. The minimum atomic E-state index is -0.955. The lowest BCUT2D eigenvalue weighted by Crippen LogP contribution is -2.44. The molecule has 0 aliphatic carbocycles. The van der Waals surface area contributed by atoms with Gasteiger partial charge >= 0.3 is 5.97 Å². The fraction of sp³-hybridized carbons (Fsp3) is 0.375. The molecule has 0 aromatic heterocycles. The first-order valence-electron chi connectivity index (χ1n) is 10.6. The number of amides is 1. The van der Waals surface area contributed by atoms with E-state index in [9.17, 15) is 9.59 Å². The lowest BCUT2D eigenvalue weighted by molar-refractivity contribution is -0.147.